The van der Waals surface area contributed by atoms with Gasteiger partial charge in [0.25, 0.3) is 11.1 Å². The number of hydrogen-bond donors (Lipinski definition) is 0. The van der Waals surface area contributed by atoms with Gasteiger partial charge in [-0.15, -0.1) is 0 Å². The van der Waals surface area contributed by atoms with Crippen LogP contribution in [0.3, 0.4) is 0 Å². The second-order valence-corrected chi connectivity index (χ2v) is 8.40. The summed E-state index contributed by atoms with van der Waals surface area (Å²) in [6.07, 6.45) is 3.58. The van der Waals surface area contributed by atoms with E-state index < -0.39 is 0 Å². The lowest BCUT2D eigenvalue weighted by molar-refractivity contribution is -0.124. The molecule has 0 unspecified atom stereocenters. The molecule has 28 heavy (non-hydrogen) atoms. The van der Waals surface area contributed by atoms with Gasteiger partial charge >= 0.3 is 0 Å². The van der Waals surface area contributed by atoms with Crippen LogP contribution < -0.4 is 0 Å². The fourth-order valence-corrected chi connectivity index (χ4v) is 4.71. The first-order chi connectivity index (χ1) is 13.3. The van der Waals surface area contributed by atoms with Gasteiger partial charge < -0.3 is 4.57 Å². The molecular weight excluding hydrogens is 368 g/mol. The number of carbonyl (C=O) groups is 2. The topological polar surface area (TPSA) is 42.3 Å². The Morgan fingerprint density at radius 1 is 1.14 bits per heavy atom. The van der Waals surface area contributed by atoms with E-state index in [4.69, 9.17) is 0 Å². The number of thioether (sulfide) groups is 1. The summed E-state index contributed by atoms with van der Waals surface area (Å²) in [4.78, 5) is 27.0. The summed E-state index contributed by atoms with van der Waals surface area (Å²) in [6.45, 7) is 12.3. The van der Waals surface area contributed by atoms with E-state index in [-0.39, 0.29) is 17.2 Å². The summed E-state index contributed by atoms with van der Waals surface area (Å²) < 4.78 is 2.26. The fraction of sp³-hybridized carbons (Fsp3) is 0.391. The van der Waals surface area contributed by atoms with Crippen molar-refractivity contribution in [2.45, 2.75) is 60.4 Å². The molecule has 0 bridgehead atoms. The highest BCUT2D eigenvalue weighted by molar-refractivity contribution is 8.18. The quantitative estimate of drug-likeness (QED) is 0.600. The van der Waals surface area contributed by atoms with Crippen molar-refractivity contribution >= 4 is 29.0 Å². The van der Waals surface area contributed by atoms with Gasteiger partial charge in [0, 0.05) is 17.4 Å². The number of benzene rings is 1. The average Bonchev–Trinajstić information content (AvgIpc) is 3.09. The first-order valence-electron chi connectivity index (χ1n) is 9.84. The predicted octanol–water partition coefficient (Wildman–Crippen LogP) is 5.80. The van der Waals surface area contributed by atoms with Crippen LogP contribution in [-0.2, 0) is 11.2 Å². The number of amides is 2. The number of rotatable bonds is 5. The van der Waals surface area contributed by atoms with E-state index in [1.54, 1.807) is 0 Å². The van der Waals surface area contributed by atoms with Crippen LogP contribution in [0.2, 0.25) is 0 Å². The Morgan fingerprint density at radius 2 is 1.86 bits per heavy atom. The number of carbonyl (C=O) groups excluding carboxylic acids is 2. The predicted molar refractivity (Wildman–Crippen MR) is 117 cm³/mol. The van der Waals surface area contributed by atoms with Gasteiger partial charge in [0.1, 0.15) is 0 Å². The van der Waals surface area contributed by atoms with Crippen molar-refractivity contribution in [3.8, 4) is 5.69 Å². The molecule has 2 heterocycles. The van der Waals surface area contributed by atoms with E-state index in [0.717, 1.165) is 41.6 Å². The zero-order valence-corrected chi connectivity index (χ0v) is 18.3. The molecule has 0 radical (unpaired) electrons. The molecule has 1 saturated heterocycles. The van der Waals surface area contributed by atoms with Crippen LogP contribution in [0.15, 0.2) is 29.2 Å². The maximum absolute atomic E-state index is 12.8. The first kappa shape index (κ1) is 20.5. The van der Waals surface area contributed by atoms with Gasteiger partial charge in [-0.25, -0.2) is 0 Å². The molecule has 5 heteroatoms. The van der Waals surface area contributed by atoms with E-state index in [1.807, 2.05) is 19.9 Å². The third-order valence-electron chi connectivity index (χ3n) is 5.54. The van der Waals surface area contributed by atoms with Gasteiger partial charge in [-0.05, 0) is 81.1 Å². The Bertz CT molecular complexity index is 971. The first-order valence-corrected chi connectivity index (χ1v) is 10.7. The number of imide groups is 1. The van der Waals surface area contributed by atoms with Crippen LogP contribution in [0.1, 0.15) is 55.3 Å². The molecule has 1 atom stereocenters. The molecule has 1 aliphatic rings. The Labute approximate surface area is 171 Å². The van der Waals surface area contributed by atoms with Crippen molar-refractivity contribution in [3.63, 3.8) is 0 Å². The molecular formula is C23H28N2O2S. The minimum atomic E-state index is -0.181. The highest BCUT2D eigenvalue weighted by atomic mass is 32.2. The summed E-state index contributed by atoms with van der Waals surface area (Å²) >= 11 is 1.04. The van der Waals surface area contributed by atoms with E-state index in [0.29, 0.717) is 4.91 Å². The molecule has 1 aromatic carbocycles. The van der Waals surface area contributed by atoms with Crippen LogP contribution in [0.25, 0.3) is 11.8 Å². The van der Waals surface area contributed by atoms with Crippen molar-refractivity contribution in [3.05, 3.63) is 57.2 Å². The van der Waals surface area contributed by atoms with Crippen molar-refractivity contribution in [2.24, 2.45) is 0 Å². The Balaban J connectivity index is 2.06. The molecule has 1 aromatic heterocycles. The highest BCUT2D eigenvalue weighted by Gasteiger charge is 2.37. The summed E-state index contributed by atoms with van der Waals surface area (Å²) in [7, 11) is 0. The van der Waals surface area contributed by atoms with Gasteiger partial charge in [0.2, 0.25) is 0 Å². The molecule has 1 fully saturated rings. The average molecular weight is 397 g/mol. The summed E-state index contributed by atoms with van der Waals surface area (Å²) in [6, 6.07) is 8.41. The Kier molecular flexibility index (Phi) is 5.84. The van der Waals surface area contributed by atoms with Gasteiger partial charge in [-0.3, -0.25) is 14.5 Å². The number of hydrogen-bond acceptors (Lipinski definition) is 3. The Morgan fingerprint density at radius 3 is 2.50 bits per heavy atom. The molecule has 148 valence electrons. The molecule has 2 aromatic rings. The molecule has 2 amide bonds. The zero-order valence-electron chi connectivity index (χ0n) is 17.5. The minimum absolute atomic E-state index is 0.0788. The fourth-order valence-electron chi connectivity index (χ4n) is 3.79. The number of para-hydroxylation sites is 1. The van der Waals surface area contributed by atoms with Crippen LogP contribution >= 0.6 is 11.8 Å². The Hall–Kier alpha value is -2.27. The second kappa shape index (κ2) is 8.00. The van der Waals surface area contributed by atoms with Crippen molar-refractivity contribution in [1.82, 2.24) is 9.47 Å². The van der Waals surface area contributed by atoms with Crippen molar-refractivity contribution in [1.29, 1.82) is 0 Å². The van der Waals surface area contributed by atoms with E-state index in [9.17, 15) is 9.59 Å². The third kappa shape index (κ3) is 3.44. The molecule has 0 spiro atoms. The summed E-state index contributed by atoms with van der Waals surface area (Å²) in [5.41, 5.74) is 6.92. The highest BCUT2D eigenvalue weighted by Crippen LogP contribution is 2.35. The van der Waals surface area contributed by atoms with E-state index in [2.05, 4.69) is 56.5 Å². The van der Waals surface area contributed by atoms with Crippen LogP contribution in [0.5, 0.6) is 0 Å². The molecule has 1 aliphatic heterocycles. The van der Waals surface area contributed by atoms with Crippen LogP contribution in [0, 0.1) is 20.8 Å². The maximum Gasteiger partial charge on any atom is 0.293 e. The monoisotopic (exact) mass is 396 g/mol. The number of aromatic nitrogens is 1. The molecule has 3 rings (SSSR count). The SMILES string of the molecule is CCc1cccc(C)c1-n1c(C)cc(/C=C2/SC(=O)N([C@H](C)CC)C2=O)c1C. The van der Waals surface area contributed by atoms with Crippen molar-refractivity contribution < 1.29 is 9.59 Å². The number of aryl methyl sites for hydroxylation is 3. The standard InChI is InChI=1S/C23H28N2O2S/c1-7-15(4)25-22(26)20(28-23(25)27)13-19-12-16(5)24(17(19)6)21-14(3)10-9-11-18(21)8-2/h9-13,15H,7-8H2,1-6H3/b20-13+/t15-/m1/s1. The lowest BCUT2D eigenvalue weighted by Gasteiger charge is -2.19. The lowest BCUT2D eigenvalue weighted by atomic mass is 10.1. The normalized spacial score (nSPS) is 17.1. The van der Waals surface area contributed by atoms with E-state index >= 15 is 0 Å². The minimum Gasteiger partial charge on any atom is -0.317 e. The second-order valence-electron chi connectivity index (χ2n) is 7.41. The van der Waals surface area contributed by atoms with Gasteiger partial charge in [0.15, 0.2) is 0 Å². The molecule has 0 N–H and O–H groups in total. The van der Waals surface area contributed by atoms with Gasteiger partial charge in [0.05, 0.1) is 10.6 Å². The third-order valence-corrected chi connectivity index (χ3v) is 6.42. The number of nitrogens with zero attached hydrogens (tertiary/aromatic N) is 2. The van der Waals surface area contributed by atoms with E-state index in [1.165, 1.54) is 21.7 Å². The van der Waals surface area contributed by atoms with Crippen LogP contribution in [-0.4, -0.2) is 26.7 Å². The maximum atomic E-state index is 12.8. The summed E-state index contributed by atoms with van der Waals surface area (Å²) in [5, 5.41) is -0.174. The summed E-state index contributed by atoms with van der Waals surface area (Å²) in [5.74, 6) is -0.181. The smallest absolute Gasteiger partial charge is 0.293 e. The lowest BCUT2D eigenvalue weighted by Crippen LogP contribution is -2.36. The molecule has 0 aliphatic carbocycles. The molecule has 4 nitrogen and oxygen atoms in total. The van der Waals surface area contributed by atoms with Gasteiger partial charge in [-0.2, -0.15) is 0 Å². The van der Waals surface area contributed by atoms with Gasteiger partial charge in [-0.1, -0.05) is 32.0 Å². The largest absolute Gasteiger partial charge is 0.317 e. The zero-order chi connectivity index (χ0) is 20.6. The van der Waals surface area contributed by atoms with Crippen molar-refractivity contribution in [2.75, 3.05) is 0 Å². The van der Waals surface area contributed by atoms with Crippen LogP contribution in [0.4, 0.5) is 4.79 Å². The molecule has 0 saturated carbocycles.